The number of nitrogens with zero attached hydrogens (tertiary/aromatic N) is 3. The Labute approximate surface area is 182 Å². The first-order chi connectivity index (χ1) is 15.1. The summed E-state index contributed by atoms with van der Waals surface area (Å²) < 4.78 is 0. The monoisotopic (exact) mass is 416 g/mol. The van der Waals surface area contributed by atoms with Gasteiger partial charge in [0.15, 0.2) is 0 Å². The minimum Gasteiger partial charge on any atom is -0.361 e. The lowest BCUT2D eigenvalue weighted by atomic mass is 9.86. The lowest BCUT2D eigenvalue weighted by Crippen LogP contribution is -2.55. The van der Waals surface area contributed by atoms with Crippen LogP contribution in [0.3, 0.4) is 0 Å². The number of amides is 3. The van der Waals surface area contributed by atoms with E-state index in [4.69, 9.17) is 0 Å². The first-order valence-corrected chi connectivity index (χ1v) is 11.0. The van der Waals surface area contributed by atoms with E-state index in [9.17, 15) is 9.59 Å². The van der Waals surface area contributed by atoms with Gasteiger partial charge in [-0.2, -0.15) is 0 Å². The molecule has 0 radical (unpaired) electrons. The average Bonchev–Trinajstić information content (AvgIpc) is 3.29. The van der Waals surface area contributed by atoms with Gasteiger partial charge in [-0.15, -0.1) is 0 Å². The van der Waals surface area contributed by atoms with E-state index in [0.717, 1.165) is 30.7 Å². The van der Waals surface area contributed by atoms with Crippen molar-refractivity contribution >= 4 is 22.8 Å². The van der Waals surface area contributed by atoms with Gasteiger partial charge in [0.2, 0.25) is 0 Å². The van der Waals surface area contributed by atoms with Crippen molar-refractivity contribution in [3.8, 4) is 0 Å². The van der Waals surface area contributed by atoms with Gasteiger partial charge in [0.25, 0.3) is 5.91 Å². The molecule has 3 heterocycles. The van der Waals surface area contributed by atoms with Gasteiger partial charge >= 0.3 is 6.03 Å². The van der Waals surface area contributed by atoms with Crippen molar-refractivity contribution in [3.05, 3.63) is 71.9 Å². The summed E-state index contributed by atoms with van der Waals surface area (Å²) in [5, 5.41) is 1.25. The molecule has 160 valence electrons. The molecular formula is C25H28N4O2. The minimum absolute atomic E-state index is 0.0253. The van der Waals surface area contributed by atoms with Gasteiger partial charge in [-0.05, 0) is 36.5 Å². The van der Waals surface area contributed by atoms with Gasteiger partial charge in [-0.1, -0.05) is 48.5 Å². The molecule has 2 aliphatic rings. The molecule has 3 amide bonds. The SMILES string of the molecule is CN1C(=O)N(CCc2ccccc2)C(=O)C12CCN(Cc1c[nH]c3ccccc13)CC2. The van der Waals surface area contributed by atoms with E-state index in [2.05, 4.69) is 34.3 Å². The van der Waals surface area contributed by atoms with Crippen LogP contribution in [-0.4, -0.2) is 63.8 Å². The van der Waals surface area contributed by atoms with Crippen LogP contribution in [0.15, 0.2) is 60.8 Å². The first-order valence-electron chi connectivity index (χ1n) is 11.0. The zero-order valence-corrected chi connectivity index (χ0v) is 17.9. The lowest BCUT2D eigenvalue weighted by Gasteiger charge is -2.40. The maximum absolute atomic E-state index is 13.4. The van der Waals surface area contributed by atoms with Crippen LogP contribution in [0.5, 0.6) is 0 Å². The molecule has 6 heteroatoms. The number of H-pyrrole nitrogens is 1. The average molecular weight is 417 g/mol. The molecule has 0 saturated carbocycles. The summed E-state index contributed by atoms with van der Waals surface area (Å²) in [7, 11) is 1.79. The van der Waals surface area contributed by atoms with E-state index in [-0.39, 0.29) is 11.9 Å². The van der Waals surface area contributed by atoms with Crippen LogP contribution >= 0.6 is 0 Å². The lowest BCUT2D eigenvalue weighted by molar-refractivity contribution is -0.135. The standard InChI is InChI=1S/C25H28N4O2/c1-27-24(31)29(14-11-19-7-3-2-4-8-19)23(30)25(27)12-15-28(16-13-25)18-20-17-26-22-10-6-5-9-21(20)22/h2-10,17,26H,11-16,18H2,1H3. The van der Waals surface area contributed by atoms with Crippen LogP contribution in [-0.2, 0) is 17.8 Å². The third-order valence-electron chi connectivity index (χ3n) is 7.02. The fraction of sp³-hybridized carbons (Fsp3) is 0.360. The fourth-order valence-electron chi connectivity index (χ4n) is 5.06. The van der Waals surface area contributed by atoms with Gasteiger partial charge in [0.1, 0.15) is 5.54 Å². The molecule has 1 aromatic heterocycles. The number of hydrogen-bond donors (Lipinski definition) is 1. The summed E-state index contributed by atoms with van der Waals surface area (Å²) in [6.07, 6.45) is 4.13. The van der Waals surface area contributed by atoms with Gasteiger partial charge < -0.3 is 9.88 Å². The normalized spacial score (nSPS) is 19.1. The number of rotatable bonds is 5. The molecule has 2 saturated heterocycles. The van der Waals surface area contributed by atoms with Crippen molar-refractivity contribution in [1.29, 1.82) is 0 Å². The van der Waals surface area contributed by atoms with Crippen molar-refractivity contribution < 1.29 is 9.59 Å². The largest absolute Gasteiger partial charge is 0.361 e. The zero-order chi connectivity index (χ0) is 21.4. The number of piperidine rings is 1. The number of likely N-dealkylation sites (N-methyl/N-ethyl adjacent to an activating group) is 1. The maximum atomic E-state index is 13.4. The number of para-hydroxylation sites is 1. The summed E-state index contributed by atoms with van der Waals surface area (Å²) >= 11 is 0. The Balaban J connectivity index is 1.25. The molecule has 1 N–H and O–H groups in total. The van der Waals surface area contributed by atoms with Gasteiger partial charge in [0.05, 0.1) is 0 Å². The van der Waals surface area contributed by atoms with Crippen LogP contribution in [0.4, 0.5) is 4.79 Å². The van der Waals surface area contributed by atoms with Crippen molar-refractivity contribution in [2.45, 2.75) is 31.3 Å². The Bertz CT molecular complexity index is 1100. The Morgan fingerprint density at radius 3 is 2.45 bits per heavy atom. The molecule has 0 aliphatic carbocycles. The second kappa shape index (κ2) is 7.85. The summed E-state index contributed by atoms with van der Waals surface area (Å²) in [6.45, 7) is 2.89. The number of aromatic amines is 1. The molecule has 6 nitrogen and oxygen atoms in total. The van der Waals surface area contributed by atoms with Crippen LogP contribution in [0.1, 0.15) is 24.0 Å². The highest BCUT2D eigenvalue weighted by Crippen LogP contribution is 2.36. The topological polar surface area (TPSA) is 59.7 Å². The highest BCUT2D eigenvalue weighted by molar-refractivity contribution is 6.07. The summed E-state index contributed by atoms with van der Waals surface area (Å²) in [5.41, 5.74) is 2.87. The Morgan fingerprint density at radius 1 is 0.968 bits per heavy atom. The number of benzene rings is 2. The Hall–Kier alpha value is -3.12. The summed E-state index contributed by atoms with van der Waals surface area (Å²) in [4.78, 5) is 35.2. The van der Waals surface area contributed by atoms with E-state index < -0.39 is 5.54 Å². The van der Waals surface area contributed by atoms with Crippen LogP contribution in [0.25, 0.3) is 10.9 Å². The first kappa shape index (κ1) is 19.8. The van der Waals surface area contributed by atoms with Crippen LogP contribution in [0, 0.1) is 0 Å². The molecule has 2 aliphatic heterocycles. The smallest absolute Gasteiger partial charge is 0.327 e. The van der Waals surface area contributed by atoms with Crippen molar-refractivity contribution in [2.75, 3.05) is 26.7 Å². The van der Waals surface area contributed by atoms with E-state index in [1.807, 2.05) is 36.4 Å². The fourth-order valence-corrected chi connectivity index (χ4v) is 5.06. The highest BCUT2D eigenvalue weighted by atomic mass is 16.2. The van der Waals surface area contributed by atoms with E-state index in [1.54, 1.807) is 11.9 Å². The second-order valence-electron chi connectivity index (χ2n) is 8.70. The number of carbonyl (C=O) groups excluding carboxylic acids is 2. The number of urea groups is 1. The van der Waals surface area contributed by atoms with Crippen molar-refractivity contribution in [2.24, 2.45) is 0 Å². The predicted octanol–water partition coefficient (Wildman–Crippen LogP) is 3.64. The number of hydrogen-bond acceptors (Lipinski definition) is 3. The summed E-state index contributed by atoms with van der Waals surface area (Å²) in [6, 6.07) is 18.2. The third kappa shape index (κ3) is 3.41. The number of fused-ring (bicyclic) bond motifs is 1. The van der Waals surface area contributed by atoms with Crippen LogP contribution in [0.2, 0.25) is 0 Å². The van der Waals surface area contributed by atoms with E-state index >= 15 is 0 Å². The van der Waals surface area contributed by atoms with Gasteiger partial charge in [-0.3, -0.25) is 14.6 Å². The second-order valence-corrected chi connectivity index (χ2v) is 8.70. The number of nitrogens with one attached hydrogen (secondary N) is 1. The number of carbonyl (C=O) groups is 2. The molecule has 3 aromatic rings. The third-order valence-corrected chi connectivity index (χ3v) is 7.02. The zero-order valence-electron chi connectivity index (χ0n) is 17.9. The summed E-state index contributed by atoms with van der Waals surface area (Å²) in [5.74, 6) is -0.0253. The van der Waals surface area contributed by atoms with Crippen LogP contribution < -0.4 is 0 Å². The number of likely N-dealkylation sites (tertiary alicyclic amines) is 1. The molecule has 1 spiro atoms. The molecule has 0 bridgehead atoms. The quantitative estimate of drug-likeness (QED) is 0.646. The molecule has 2 fully saturated rings. The highest BCUT2D eigenvalue weighted by Gasteiger charge is 2.56. The Morgan fingerprint density at radius 2 is 1.68 bits per heavy atom. The van der Waals surface area contributed by atoms with E-state index in [0.29, 0.717) is 25.8 Å². The molecule has 5 rings (SSSR count). The molecule has 0 atom stereocenters. The molecule has 31 heavy (non-hydrogen) atoms. The molecule has 0 unspecified atom stereocenters. The molecular weight excluding hydrogens is 388 g/mol. The van der Waals surface area contributed by atoms with Crippen molar-refractivity contribution in [3.63, 3.8) is 0 Å². The van der Waals surface area contributed by atoms with Crippen molar-refractivity contribution in [1.82, 2.24) is 19.7 Å². The van der Waals surface area contributed by atoms with Gasteiger partial charge in [-0.25, -0.2) is 4.79 Å². The molecule has 2 aromatic carbocycles. The predicted molar refractivity (Wildman–Crippen MR) is 121 cm³/mol. The number of aromatic nitrogens is 1. The minimum atomic E-state index is -0.690. The Kier molecular flexibility index (Phi) is 5.02. The van der Waals surface area contributed by atoms with Gasteiger partial charge in [0, 0.05) is 50.3 Å². The maximum Gasteiger partial charge on any atom is 0.327 e. The number of imide groups is 1. The van der Waals surface area contributed by atoms with E-state index in [1.165, 1.54) is 15.8 Å².